The Labute approximate surface area is 281 Å². The zero-order valence-electron chi connectivity index (χ0n) is 26.5. The van der Waals surface area contributed by atoms with Crippen LogP contribution in [0, 0.1) is 0 Å². The summed E-state index contributed by atoms with van der Waals surface area (Å²) in [5, 5.41) is 7.53. The van der Waals surface area contributed by atoms with Crippen LogP contribution < -0.4 is 0 Å². The Morgan fingerprint density at radius 1 is 0.208 bits per heavy atom. The number of hydrogen-bond acceptors (Lipinski definition) is 0. The third-order valence-electron chi connectivity index (χ3n) is 9.61. The highest BCUT2D eigenvalue weighted by molar-refractivity contribution is 6.24. The lowest BCUT2D eigenvalue weighted by molar-refractivity contribution is 1.58. The predicted molar refractivity (Wildman–Crippen MR) is 206 cm³/mol. The first-order valence-corrected chi connectivity index (χ1v) is 16.6. The van der Waals surface area contributed by atoms with Crippen molar-refractivity contribution in [1.29, 1.82) is 0 Å². The zero-order valence-corrected chi connectivity index (χ0v) is 26.5. The van der Waals surface area contributed by atoms with Crippen LogP contribution in [0.5, 0.6) is 0 Å². The average molecular weight is 609 g/mol. The standard InChI is InChI=1S/C48H32/c1-4-16-33(17-5-1)37-29-38(34-18-6-2-7-19-34)31-40(30-37)47-42-24-12-14-26-44(42)48(45-27-15-13-25-43(45)47)46-32-39(35-20-8-3-9-21-35)28-36-22-10-11-23-41(36)46/h1-32H. The Morgan fingerprint density at radius 3 is 1.04 bits per heavy atom. The van der Waals surface area contributed by atoms with Crippen LogP contribution in [0.4, 0.5) is 0 Å². The summed E-state index contributed by atoms with van der Waals surface area (Å²) in [6.45, 7) is 0. The van der Waals surface area contributed by atoms with Crippen molar-refractivity contribution in [3.8, 4) is 55.6 Å². The second kappa shape index (κ2) is 11.8. The van der Waals surface area contributed by atoms with Crippen molar-refractivity contribution in [2.24, 2.45) is 0 Å². The zero-order chi connectivity index (χ0) is 31.9. The molecule has 0 aliphatic rings. The van der Waals surface area contributed by atoms with Gasteiger partial charge in [-0.1, -0.05) is 164 Å². The lowest BCUT2D eigenvalue weighted by atomic mass is 9.83. The van der Waals surface area contributed by atoms with Gasteiger partial charge < -0.3 is 0 Å². The van der Waals surface area contributed by atoms with Crippen molar-refractivity contribution in [2.45, 2.75) is 0 Å². The normalized spacial score (nSPS) is 11.3. The Kier molecular flexibility index (Phi) is 6.91. The number of rotatable bonds is 5. The van der Waals surface area contributed by atoms with Crippen molar-refractivity contribution in [2.75, 3.05) is 0 Å². The summed E-state index contributed by atoms with van der Waals surface area (Å²) < 4.78 is 0. The molecule has 0 saturated heterocycles. The van der Waals surface area contributed by atoms with Crippen LogP contribution in [0.1, 0.15) is 0 Å². The van der Waals surface area contributed by atoms with E-state index >= 15 is 0 Å². The van der Waals surface area contributed by atoms with Crippen LogP contribution in [0.15, 0.2) is 194 Å². The van der Waals surface area contributed by atoms with E-state index in [2.05, 4.69) is 194 Å². The molecule has 0 nitrogen and oxygen atoms in total. The predicted octanol–water partition coefficient (Wildman–Crippen LogP) is 13.5. The van der Waals surface area contributed by atoms with Crippen LogP contribution in [0.25, 0.3) is 88.0 Å². The van der Waals surface area contributed by atoms with Gasteiger partial charge in [0.1, 0.15) is 0 Å². The molecule has 0 N–H and O–H groups in total. The second-order valence-corrected chi connectivity index (χ2v) is 12.5. The molecule has 0 unspecified atom stereocenters. The fourth-order valence-corrected chi connectivity index (χ4v) is 7.41. The first-order valence-electron chi connectivity index (χ1n) is 16.6. The van der Waals surface area contributed by atoms with Crippen molar-refractivity contribution < 1.29 is 0 Å². The molecule has 9 rings (SSSR count). The van der Waals surface area contributed by atoms with E-state index < -0.39 is 0 Å². The highest BCUT2D eigenvalue weighted by atomic mass is 14.2. The maximum atomic E-state index is 2.40. The summed E-state index contributed by atoms with van der Waals surface area (Å²) >= 11 is 0. The quantitative estimate of drug-likeness (QED) is 0.171. The Balaban J connectivity index is 1.39. The fraction of sp³-hybridized carbons (Fsp3) is 0. The van der Waals surface area contributed by atoms with Crippen molar-refractivity contribution in [1.82, 2.24) is 0 Å². The molecular formula is C48H32. The second-order valence-electron chi connectivity index (χ2n) is 12.5. The van der Waals surface area contributed by atoms with Crippen molar-refractivity contribution in [3.63, 3.8) is 0 Å². The fourth-order valence-electron chi connectivity index (χ4n) is 7.41. The maximum Gasteiger partial charge on any atom is -0.00199 e. The molecule has 9 aromatic carbocycles. The van der Waals surface area contributed by atoms with E-state index in [0.717, 1.165) is 0 Å². The minimum Gasteiger partial charge on any atom is -0.0622 e. The van der Waals surface area contributed by atoms with Crippen LogP contribution in [-0.4, -0.2) is 0 Å². The van der Waals surface area contributed by atoms with Gasteiger partial charge in [-0.15, -0.1) is 0 Å². The Bertz CT molecular complexity index is 2460. The Hall–Kier alpha value is -6.24. The summed E-state index contributed by atoms with van der Waals surface area (Å²) in [5.74, 6) is 0. The smallest absolute Gasteiger partial charge is 0.00199 e. The van der Waals surface area contributed by atoms with E-state index in [1.165, 1.54) is 88.0 Å². The molecule has 48 heavy (non-hydrogen) atoms. The monoisotopic (exact) mass is 608 g/mol. The topological polar surface area (TPSA) is 0 Å². The van der Waals surface area contributed by atoms with Gasteiger partial charge in [0.25, 0.3) is 0 Å². The lowest BCUT2D eigenvalue weighted by Gasteiger charge is -2.20. The van der Waals surface area contributed by atoms with Gasteiger partial charge in [0, 0.05) is 0 Å². The third-order valence-corrected chi connectivity index (χ3v) is 9.61. The summed E-state index contributed by atoms with van der Waals surface area (Å²) in [6.07, 6.45) is 0. The van der Waals surface area contributed by atoms with E-state index in [-0.39, 0.29) is 0 Å². The first-order chi connectivity index (χ1) is 23.8. The van der Waals surface area contributed by atoms with Gasteiger partial charge >= 0.3 is 0 Å². The van der Waals surface area contributed by atoms with E-state index in [1.54, 1.807) is 0 Å². The summed E-state index contributed by atoms with van der Waals surface area (Å²) in [4.78, 5) is 0. The minimum atomic E-state index is 1.21. The van der Waals surface area contributed by atoms with Gasteiger partial charge in [0.15, 0.2) is 0 Å². The molecule has 0 heterocycles. The Morgan fingerprint density at radius 2 is 0.562 bits per heavy atom. The largest absolute Gasteiger partial charge is 0.0622 e. The van der Waals surface area contributed by atoms with Gasteiger partial charge in [0.2, 0.25) is 0 Å². The molecule has 0 heteroatoms. The van der Waals surface area contributed by atoms with E-state index in [0.29, 0.717) is 0 Å². The maximum absolute atomic E-state index is 2.40. The van der Waals surface area contributed by atoms with Gasteiger partial charge in [-0.05, 0) is 118 Å². The van der Waals surface area contributed by atoms with Crippen molar-refractivity contribution in [3.05, 3.63) is 194 Å². The molecule has 224 valence electrons. The van der Waals surface area contributed by atoms with E-state index in [9.17, 15) is 0 Å². The van der Waals surface area contributed by atoms with Crippen LogP contribution in [-0.2, 0) is 0 Å². The minimum absolute atomic E-state index is 1.21. The summed E-state index contributed by atoms with van der Waals surface area (Å²) in [5.41, 5.74) is 12.3. The molecule has 0 aromatic heterocycles. The summed E-state index contributed by atoms with van der Waals surface area (Å²) in [7, 11) is 0. The first kappa shape index (κ1) is 28.0. The van der Waals surface area contributed by atoms with Crippen LogP contribution in [0.3, 0.4) is 0 Å². The number of fused-ring (bicyclic) bond motifs is 3. The molecule has 0 fully saturated rings. The van der Waals surface area contributed by atoms with E-state index in [4.69, 9.17) is 0 Å². The molecule has 0 atom stereocenters. The molecular weight excluding hydrogens is 577 g/mol. The molecule has 0 saturated carbocycles. The lowest BCUT2D eigenvalue weighted by Crippen LogP contribution is -1.93. The van der Waals surface area contributed by atoms with Crippen molar-refractivity contribution >= 4 is 32.3 Å². The van der Waals surface area contributed by atoms with Gasteiger partial charge in [0.05, 0.1) is 0 Å². The van der Waals surface area contributed by atoms with Crippen LogP contribution >= 0.6 is 0 Å². The number of benzene rings is 9. The highest BCUT2D eigenvalue weighted by Gasteiger charge is 2.20. The SMILES string of the molecule is c1ccc(-c2cc(-c3ccccc3)cc(-c3c4ccccc4c(-c4cc(-c5ccccc5)cc5ccccc45)c4ccccc34)c2)cc1. The number of hydrogen-bond donors (Lipinski definition) is 0. The third kappa shape index (κ3) is 4.87. The molecule has 0 aliphatic heterocycles. The van der Waals surface area contributed by atoms with E-state index in [1.807, 2.05) is 0 Å². The molecule has 0 amide bonds. The molecule has 0 aliphatic carbocycles. The molecule has 0 spiro atoms. The molecule has 0 bridgehead atoms. The van der Waals surface area contributed by atoms with Gasteiger partial charge in [-0.2, -0.15) is 0 Å². The average Bonchev–Trinajstić information content (AvgIpc) is 3.17. The summed E-state index contributed by atoms with van der Waals surface area (Å²) in [6, 6.07) is 70.8. The van der Waals surface area contributed by atoms with Crippen LogP contribution in [0.2, 0.25) is 0 Å². The highest BCUT2D eigenvalue weighted by Crippen LogP contribution is 2.47. The molecule has 0 radical (unpaired) electrons. The molecule has 9 aromatic rings. The van der Waals surface area contributed by atoms with Gasteiger partial charge in [-0.25, -0.2) is 0 Å². The van der Waals surface area contributed by atoms with Gasteiger partial charge in [-0.3, -0.25) is 0 Å².